The summed E-state index contributed by atoms with van der Waals surface area (Å²) in [5.41, 5.74) is 2.08. The molecule has 0 fully saturated rings. The minimum absolute atomic E-state index is 0.0338. The molecule has 8 nitrogen and oxygen atoms in total. The molecule has 4 rings (SSSR count). The third-order valence-corrected chi connectivity index (χ3v) is 5.15. The molecule has 0 aliphatic heterocycles. The van der Waals surface area contributed by atoms with Crippen LogP contribution in [0.1, 0.15) is 21.6 Å². The summed E-state index contributed by atoms with van der Waals surface area (Å²) < 4.78 is 47.7. The predicted octanol–water partition coefficient (Wildman–Crippen LogP) is 4.18. The molecule has 1 amide bonds. The normalized spacial score (nSPS) is 11.3. The van der Waals surface area contributed by atoms with Crippen LogP contribution in [0.2, 0.25) is 0 Å². The maximum Gasteiger partial charge on any atom is 0.573 e. The van der Waals surface area contributed by atoms with Crippen LogP contribution in [0.15, 0.2) is 70.0 Å². The van der Waals surface area contributed by atoms with Gasteiger partial charge < -0.3 is 19.1 Å². The van der Waals surface area contributed by atoms with Crippen molar-refractivity contribution in [3.8, 4) is 28.6 Å². The monoisotopic (exact) mass is 484 g/mol. The minimum Gasteiger partial charge on any atom is -0.406 e. The van der Waals surface area contributed by atoms with Crippen LogP contribution in [-0.4, -0.2) is 34.0 Å². The number of carbonyl (C=O) groups excluding carboxylic acids is 1. The highest BCUT2D eigenvalue weighted by atomic mass is 19.4. The van der Waals surface area contributed by atoms with Crippen molar-refractivity contribution in [3.63, 3.8) is 0 Å². The summed E-state index contributed by atoms with van der Waals surface area (Å²) in [5.74, 6) is -0.551. The second kappa shape index (κ2) is 9.45. The first-order valence-electron chi connectivity index (χ1n) is 10.4. The van der Waals surface area contributed by atoms with E-state index in [1.807, 2.05) is 6.07 Å². The Balaban J connectivity index is 1.61. The predicted molar refractivity (Wildman–Crippen MR) is 120 cm³/mol. The Morgan fingerprint density at radius 3 is 2.54 bits per heavy atom. The molecule has 0 spiro atoms. The molecule has 2 heterocycles. The first-order chi connectivity index (χ1) is 16.6. The van der Waals surface area contributed by atoms with Crippen LogP contribution in [0, 0.1) is 6.92 Å². The molecule has 4 aromatic rings. The summed E-state index contributed by atoms with van der Waals surface area (Å²) in [4.78, 5) is 29.4. The molecule has 1 N–H and O–H groups in total. The maximum absolute atomic E-state index is 13.2. The van der Waals surface area contributed by atoms with E-state index < -0.39 is 6.36 Å². The third-order valence-electron chi connectivity index (χ3n) is 5.15. The number of aryl methyl sites for hydroxylation is 1. The number of nitrogens with one attached hydrogen (secondary N) is 1. The van der Waals surface area contributed by atoms with Crippen LogP contribution in [0.4, 0.5) is 13.2 Å². The van der Waals surface area contributed by atoms with Crippen molar-refractivity contribution in [2.45, 2.75) is 19.8 Å². The molecule has 180 valence electrons. The minimum atomic E-state index is -4.80. The summed E-state index contributed by atoms with van der Waals surface area (Å²) in [6, 6.07) is 15.2. The van der Waals surface area contributed by atoms with Gasteiger partial charge in [-0.15, -0.1) is 13.2 Å². The van der Waals surface area contributed by atoms with Gasteiger partial charge in [0.1, 0.15) is 11.3 Å². The molecule has 2 aromatic carbocycles. The highest BCUT2D eigenvalue weighted by molar-refractivity contribution is 5.94. The van der Waals surface area contributed by atoms with Crippen LogP contribution in [0.25, 0.3) is 22.8 Å². The molecular formula is C24H19F3N4O4. The van der Waals surface area contributed by atoms with E-state index >= 15 is 0 Å². The maximum atomic E-state index is 13.2. The zero-order chi connectivity index (χ0) is 25.2. The van der Waals surface area contributed by atoms with Gasteiger partial charge in [0.2, 0.25) is 5.82 Å². The average molecular weight is 484 g/mol. The Bertz CT molecular complexity index is 1430. The van der Waals surface area contributed by atoms with Gasteiger partial charge >= 0.3 is 6.36 Å². The number of benzene rings is 2. The second-order valence-electron chi connectivity index (χ2n) is 7.55. The van der Waals surface area contributed by atoms with E-state index in [0.717, 1.165) is 17.7 Å². The lowest BCUT2D eigenvalue weighted by Gasteiger charge is -2.12. The second-order valence-corrected chi connectivity index (χ2v) is 7.55. The van der Waals surface area contributed by atoms with Gasteiger partial charge in [-0.25, -0.2) is 0 Å². The number of ether oxygens (including phenoxy) is 1. The molecule has 35 heavy (non-hydrogen) atoms. The van der Waals surface area contributed by atoms with Gasteiger partial charge in [0.25, 0.3) is 17.4 Å². The number of rotatable bonds is 6. The van der Waals surface area contributed by atoms with Crippen molar-refractivity contribution < 1.29 is 27.2 Å². The van der Waals surface area contributed by atoms with Crippen molar-refractivity contribution in [1.29, 1.82) is 0 Å². The molecule has 0 radical (unpaired) electrons. The van der Waals surface area contributed by atoms with Gasteiger partial charge in [0, 0.05) is 23.9 Å². The standard InChI is InChI=1S/C24H19F3N4O4/c1-14-6-11-19(23(33)31(14)13-15-4-3-5-17(12-15)21(32)28-2)22-29-20(30-35-22)16-7-9-18(10-8-16)34-24(25,26)27/h3-12H,13H2,1-2H3,(H,28,32). The summed E-state index contributed by atoms with van der Waals surface area (Å²) in [6.45, 7) is 1.99. The third kappa shape index (κ3) is 5.40. The Hall–Kier alpha value is -4.41. The SMILES string of the molecule is CNC(=O)c1cccc(Cn2c(C)ccc(-c3nc(-c4ccc(OC(F)(F)F)cc4)no3)c2=O)c1. The number of carbonyl (C=O) groups is 1. The van der Waals surface area contributed by atoms with Crippen LogP contribution in [0.5, 0.6) is 5.75 Å². The Labute approximate surface area is 197 Å². The number of hydrogen-bond donors (Lipinski definition) is 1. The molecular weight excluding hydrogens is 465 g/mol. The molecule has 0 bridgehead atoms. The van der Waals surface area contributed by atoms with Crippen molar-refractivity contribution in [2.24, 2.45) is 0 Å². The van der Waals surface area contributed by atoms with Crippen LogP contribution >= 0.6 is 0 Å². The highest BCUT2D eigenvalue weighted by Gasteiger charge is 2.31. The van der Waals surface area contributed by atoms with Crippen molar-refractivity contribution >= 4 is 5.91 Å². The van der Waals surface area contributed by atoms with E-state index in [2.05, 4.69) is 20.2 Å². The van der Waals surface area contributed by atoms with Crippen molar-refractivity contribution in [2.75, 3.05) is 7.05 Å². The van der Waals surface area contributed by atoms with E-state index in [-0.39, 0.29) is 41.0 Å². The molecule has 0 saturated carbocycles. The quantitative estimate of drug-likeness (QED) is 0.441. The topological polar surface area (TPSA) is 99.2 Å². The van der Waals surface area contributed by atoms with Gasteiger partial charge in [0.05, 0.1) is 6.54 Å². The van der Waals surface area contributed by atoms with Crippen LogP contribution < -0.4 is 15.6 Å². The zero-order valence-corrected chi connectivity index (χ0v) is 18.6. The number of alkyl halides is 3. The van der Waals surface area contributed by atoms with E-state index in [1.54, 1.807) is 37.3 Å². The molecule has 0 atom stereocenters. The van der Waals surface area contributed by atoms with Gasteiger partial charge in [-0.2, -0.15) is 4.98 Å². The van der Waals surface area contributed by atoms with E-state index in [4.69, 9.17) is 4.52 Å². The first kappa shape index (κ1) is 23.7. The van der Waals surface area contributed by atoms with Gasteiger partial charge in [-0.1, -0.05) is 17.3 Å². The molecule has 2 aromatic heterocycles. The lowest BCUT2D eigenvalue weighted by Crippen LogP contribution is -2.24. The summed E-state index contributed by atoms with van der Waals surface area (Å²) >= 11 is 0. The fraction of sp³-hybridized carbons (Fsp3) is 0.167. The average Bonchev–Trinajstić information content (AvgIpc) is 3.31. The van der Waals surface area contributed by atoms with E-state index in [1.165, 1.54) is 23.7 Å². The van der Waals surface area contributed by atoms with Gasteiger partial charge in [0.15, 0.2) is 0 Å². The Morgan fingerprint density at radius 1 is 1.11 bits per heavy atom. The number of nitrogens with zero attached hydrogens (tertiary/aromatic N) is 3. The summed E-state index contributed by atoms with van der Waals surface area (Å²) in [6.07, 6.45) is -4.80. The summed E-state index contributed by atoms with van der Waals surface area (Å²) in [7, 11) is 1.54. The number of hydrogen-bond acceptors (Lipinski definition) is 6. The van der Waals surface area contributed by atoms with E-state index in [0.29, 0.717) is 16.8 Å². The number of halogens is 3. The number of pyridine rings is 1. The molecule has 0 aliphatic rings. The van der Waals surface area contributed by atoms with Gasteiger partial charge in [-0.3, -0.25) is 9.59 Å². The Kier molecular flexibility index (Phi) is 6.41. The lowest BCUT2D eigenvalue weighted by molar-refractivity contribution is -0.274. The smallest absolute Gasteiger partial charge is 0.406 e. The van der Waals surface area contributed by atoms with Gasteiger partial charge in [-0.05, 0) is 61.0 Å². The van der Waals surface area contributed by atoms with Crippen molar-refractivity contribution in [3.05, 3.63) is 87.8 Å². The Morgan fingerprint density at radius 2 is 1.86 bits per heavy atom. The molecule has 0 unspecified atom stereocenters. The fourth-order valence-corrected chi connectivity index (χ4v) is 3.42. The summed E-state index contributed by atoms with van der Waals surface area (Å²) in [5, 5.41) is 6.41. The molecule has 0 aliphatic carbocycles. The number of amides is 1. The lowest BCUT2D eigenvalue weighted by atomic mass is 10.1. The fourth-order valence-electron chi connectivity index (χ4n) is 3.42. The largest absolute Gasteiger partial charge is 0.573 e. The molecule has 11 heteroatoms. The first-order valence-corrected chi connectivity index (χ1v) is 10.4. The van der Waals surface area contributed by atoms with Crippen LogP contribution in [-0.2, 0) is 6.54 Å². The highest BCUT2D eigenvalue weighted by Crippen LogP contribution is 2.26. The zero-order valence-electron chi connectivity index (χ0n) is 18.6. The van der Waals surface area contributed by atoms with Crippen LogP contribution in [0.3, 0.4) is 0 Å². The van der Waals surface area contributed by atoms with Crippen molar-refractivity contribution in [1.82, 2.24) is 20.0 Å². The number of aromatic nitrogens is 3. The molecule has 0 saturated heterocycles. The van der Waals surface area contributed by atoms with E-state index in [9.17, 15) is 22.8 Å².